The van der Waals surface area contributed by atoms with Crippen molar-refractivity contribution < 1.29 is 9.32 Å². The highest BCUT2D eigenvalue weighted by Gasteiger charge is 2.23. The van der Waals surface area contributed by atoms with Crippen LogP contribution in [-0.4, -0.2) is 49.0 Å². The molecule has 2 heterocycles. The van der Waals surface area contributed by atoms with E-state index >= 15 is 0 Å². The molecule has 6 nitrogen and oxygen atoms in total. The average molecular weight is 347 g/mol. The molecule has 1 saturated heterocycles. The molecule has 1 aliphatic rings. The maximum Gasteiger partial charge on any atom is 0.289 e. The van der Waals surface area contributed by atoms with Crippen LogP contribution in [0.4, 0.5) is 0 Å². The largest absolute Gasteiger partial charge is 0.350 e. The fourth-order valence-electron chi connectivity index (χ4n) is 2.84. The van der Waals surface area contributed by atoms with E-state index < -0.39 is 0 Å². The molecule has 0 saturated carbocycles. The monoisotopic (exact) mass is 346 g/mol. The fourth-order valence-corrected chi connectivity index (χ4v) is 3.03. The van der Waals surface area contributed by atoms with Crippen molar-refractivity contribution in [2.45, 2.75) is 6.42 Å². The summed E-state index contributed by atoms with van der Waals surface area (Å²) in [7, 11) is 0. The maximum absolute atomic E-state index is 12.2. The highest BCUT2D eigenvalue weighted by molar-refractivity contribution is 6.30. The number of rotatable bonds is 6. The summed E-state index contributed by atoms with van der Waals surface area (Å²) in [6.45, 7) is 6.67. The Morgan fingerprint density at radius 3 is 3.17 bits per heavy atom. The third-order valence-electron chi connectivity index (χ3n) is 4.08. The first kappa shape index (κ1) is 16.7. The van der Waals surface area contributed by atoms with Gasteiger partial charge >= 0.3 is 0 Å². The zero-order chi connectivity index (χ0) is 16.9. The molecule has 0 spiro atoms. The zero-order valence-electron chi connectivity index (χ0n) is 13.2. The van der Waals surface area contributed by atoms with E-state index in [9.17, 15) is 4.79 Å². The molecule has 2 aromatic rings. The predicted molar refractivity (Wildman–Crippen MR) is 93.4 cm³/mol. The van der Waals surface area contributed by atoms with Crippen LogP contribution in [0, 0.1) is 5.92 Å². The Bertz CT molecular complexity index is 731. The number of halogens is 1. The van der Waals surface area contributed by atoms with Gasteiger partial charge < -0.3 is 9.84 Å². The van der Waals surface area contributed by atoms with Gasteiger partial charge in [-0.15, -0.1) is 0 Å². The summed E-state index contributed by atoms with van der Waals surface area (Å²) in [4.78, 5) is 18.3. The third kappa shape index (κ3) is 4.01. The first-order valence-electron chi connectivity index (χ1n) is 7.81. The van der Waals surface area contributed by atoms with Gasteiger partial charge in [0.15, 0.2) is 0 Å². The zero-order valence-corrected chi connectivity index (χ0v) is 14.0. The van der Waals surface area contributed by atoms with E-state index in [2.05, 4.69) is 27.1 Å². The van der Waals surface area contributed by atoms with Crippen molar-refractivity contribution >= 4 is 24.2 Å². The fraction of sp³-hybridized carbons (Fsp3) is 0.353. The Balaban J connectivity index is 1.56. The number of aliphatic imine (C=N–C) groups is 1. The Morgan fingerprint density at radius 1 is 1.50 bits per heavy atom. The van der Waals surface area contributed by atoms with Crippen molar-refractivity contribution in [1.29, 1.82) is 0 Å². The van der Waals surface area contributed by atoms with Gasteiger partial charge in [0.05, 0.1) is 6.67 Å². The summed E-state index contributed by atoms with van der Waals surface area (Å²) in [5, 5.41) is 7.46. The van der Waals surface area contributed by atoms with Gasteiger partial charge in [0.25, 0.3) is 5.91 Å². The van der Waals surface area contributed by atoms with E-state index in [-0.39, 0.29) is 11.7 Å². The molecule has 1 N–H and O–H groups in total. The summed E-state index contributed by atoms with van der Waals surface area (Å²) in [6.07, 6.45) is 1.04. The number of likely N-dealkylation sites (tertiary alicyclic amines) is 1. The molecule has 1 atom stereocenters. The summed E-state index contributed by atoms with van der Waals surface area (Å²) in [5.41, 5.74) is 1.40. The number of aromatic nitrogens is 1. The van der Waals surface area contributed by atoms with E-state index in [1.807, 2.05) is 12.1 Å². The molecular weight excluding hydrogens is 328 g/mol. The van der Waals surface area contributed by atoms with Gasteiger partial charge in [-0.25, -0.2) is 0 Å². The van der Waals surface area contributed by atoms with Crippen LogP contribution < -0.4 is 5.32 Å². The number of carbonyl (C=O) groups is 1. The second-order valence-electron chi connectivity index (χ2n) is 5.89. The Kier molecular flexibility index (Phi) is 5.27. The van der Waals surface area contributed by atoms with Crippen LogP contribution in [0.1, 0.15) is 17.0 Å². The summed E-state index contributed by atoms with van der Waals surface area (Å²) in [5.74, 6) is 0.370. The van der Waals surface area contributed by atoms with Crippen molar-refractivity contribution in [1.82, 2.24) is 15.4 Å². The standard InChI is InChI=1S/C17H19ClN4O2/c1-19-11-22-6-5-12(10-22)9-20-17(23)16-8-15(21-24-16)13-3-2-4-14(18)7-13/h2-4,7-8,12H,1,5-6,9-11H2,(H,20,23)/t12-/m1/s1. The van der Waals surface area contributed by atoms with Crippen molar-refractivity contribution in [2.24, 2.45) is 10.9 Å². The molecule has 1 aromatic carbocycles. The molecule has 126 valence electrons. The lowest BCUT2D eigenvalue weighted by atomic mass is 10.1. The smallest absolute Gasteiger partial charge is 0.289 e. The second kappa shape index (κ2) is 7.59. The van der Waals surface area contributed by atoms with Gasteiger partial charge in [-0.3, -0.25) is 14.7 Å². The lowest BCUT2D eigenvalue weighted by Gasteiger charge is -2.13. The van der Waals surface area contributed by atoms with Gasteiger partial charge in [-0.2, -0.15) is 0 Å². The van der Waals surface area contributed by atoms with Crippen molar-refractivity contribution in [3.05, 3.63) is 41.1 Å². The lowest BCUT2D eigenvalue weighted by Crippen LogP contribution is -2.30. The molecule has 7 heteroatoms. The Hall–Kier alpha value is -2.18. The average Bonchev–Trinajstić information content (AvgIpc) is 3.22. The molecule has 1 aromatic heterocycles. The Labute approximate surface area is 145 Å². The van der Waals surface area contributed by atoms with Gasteiger partial charge in [-0.1, -0.05) is 28.9 Å². The predicted octanol–water partition coefficient (Wildman–Crippen LogP) is 2.70. The van der Waals surface area contributed by atoms with Crippen LogP contribution in [0.15, 0.2) is 39.8 Å². The van der Waals surface area contributed by atoms with E-state index in [1.165, 1.54) is 0 Å². The molecule has 1 fully saturated rings. The normalized spacial score (nSPS) is 17.8. The lowest BCUT2D eigenvalue weighted by molar-refractivity contribution is 0.0910. The molecule has 0 aliphatic carbocycles. The van der Waals surface area contributed by atoms with E-state index in [1.54, 1.807) is 18.2 Å². The molecule has 1 amide bonds. The third-order valence-corrected chi connectivity index (χ3v) is 4.31. The first-order valence-corrected chi connectivity index (χ1v) is 8.19. The van der Waals surface area contributed by atoms with Crippen LogP contribution in [0.3, 0.4) is 0 Å². The summed E-state index contributed by atoms with van der Waals surface area (Å²) < 4.78 is 5.16. The molecule has 0 radical (unpaired) electrons. The molecule has 0 unspecified atom stereocenters. The number of benzene rings is 1. The van der Waals surface area contributed by atoms with E-state index in [0.717, 1.165) is 25.1 Å². The van der Waals surface area contributed by atoms with Gasteiger partial charge in [-0.05, 0) is 31.2 Å². The second-order valence-corrected chi connectivity index (χ2v) is 6.33. The van der Waals surface area contributed by atoms with E-state index in [0.29, 0.717) is 29.8 Å². The highest BCUT2D eigenvalue weighted by atomic mass is 35.5. The van der Waals surface area contributed by atoms with Crippen LogP contribution in [-0.2, 0) is 0 Å². The van der Waals surface area contributed by atoms with Crippen LogP contribution in [0.2, 0.25) is 5.02 Å². The first-order chi connectivity index (χ1) is 11.7. The molecule has 0 bridgehead atoms. The van der Waals surface area contributed by atoms with Crippen molar-refractivity contribution in [3.63, 3.8) is 0 Å². The SMILES string of the molecule is C=NCN1CC[C@H](CNC(=O)c2cc(-c3cccc(Cl)c3)no2)C1. The van der Waals surface area contributed by atoms with Crippen LogP contribution in [0.25, 0.3) is 11.3 Å². The number of carbonyl (C=O) groups excluding carboxylic acids is 1. The molecule has 1 aliphatic heterocycles. The van der Waals surface area contributed by atoms with Crippen molar-refractivity contribution in [3.8, 4) is 11.3 Å². The summed E-state index contributed by atoms with van der Waals surface area (Å²) in [6, 6.07) is 8.89. The van der Waals surface area contributed by atoms with Crippen LogP contribution >= 0.6 is 11.6 Å². The quantitative estimate of drug-likeness (QED) is 0.816. The van der Waals surface area contributed by atoms with E-state index in [4.69, 9.17) is 16.1 Å². The van der Waals surface area contributed by atoms with Gasteiger partial charge in [0.1, 0.15) is 5.69 Å². The van der Waals surface area contributed by atoms with Gasteiger partial charge in [0, 0.05) is 36.3 Å². The number of amides is 1. The van der Waals surface area contributed by atoms with Gasteiger partial charge in [0.2, 0.25) is 5.76 Å². The minimum absolute atomic E-state index is 0.201. The van der Waals surface area contributed by atoms with Crippen molar-refractivity contribution in [2.75, 3.05) is 26.3 Å². The highest BCUT2D eigenvalue weighted by Crippen LogP contribution is 2.22. The molecular formula is C17H19ClN4O2. The number of hydrogen-bond acceptors (Lipinski definition) is 5. The summed E-state index contributed by atoms with van der Waals surface area (Å²) >= 11 is 5.97. The molecule has 24 heavy (non-hydrogen) atoms. The number of hydrogen-bond donors (Lipinski definition) is 1. The number of nitrogens with zero attached hydrogens (tertiary/aromatic N) is 3. The topological polar surface area (TPSA) is 70.7 Å². The minimum Gasteiger partial charge on any atom is -0.350 e. The van der Waals surface area contributed by atoms with Crippen LogP contribution in [0.5, 0.6) is 0 Å². The molecule has 3 rings (SSSR count). The minimum atomic E-state index is -0.254. The maximum atomic E-state index is 12.2. The number of nitrogens with one attached hydrogen (secondary N) is 1. The Morgan fingerprint density at radius 2 is 2.38 bits per heavy atom.